The second kappa shape index (κ2) is 9.94. The van der Waals surface area contributed by atoms with Crippen molar-refractivity contribution >= 4 is 5.91 Å². The Labute approximate surface area is 130 Å². The van der Waals surface area contributed by atoms with Crippen LogP contribution in [0.15, 0.2) is 36.4 Å². The van der Waals surface area contributed by atoms with E-state index in [4.69, 9.17) is 15.1 Å². The number of hydrogen-bond acceptors (Lipinski definition) is 5. The Balaban J connectivity index is 2.60. The monoisotopic (exact) mass is 309 g/mol. The number of nitrogens with one attached hydrogen (secondary N) is 1. The fourth-order valence-electron chi connectivity index (χ4n) is 2.06. The van der Waals surface area contributed by atoms with Crippen molar-refractivity contribution in [2.45, 2.75) is 25.9 Å². The number of carbonyl (C=O) groups excluding carboxylic acids is 1. The standard InChI is InChI=1S/C16H23NO5/c1-12(6-2-5-9-15(19)17-21)16(20)13-7-3-4-8-14(13)22-11-10-18/h3-5,7-9,12,16,18,20-21H,2,6,10-11H2,1H3,(H,17,19)/b9-5+/t12-,16-/m0/s1. The summed E-state index contributed by atoms with van der Waals surface area (Å²) in [6, 6.07) is 7.18. The summed E-state index contributed by atoms with van der Waals surface area (Å²) in [5, 5.41) is 27.6. The largest absolute Gasteiger partial charge is 0.491 e. The maximum Gasteiger partial charge on any atom is 0.267 e. The van der Waals surface area contributed by atoms with Crippen LogP contribution in [-0.4, -0.2) is 34.5 Å². The molecule has 1 aromatic rings. The molecule has 6 heteroatoms. The third kappa shape index (κ3) is 5.85. The van der Waals surface area contributed by atoms with Crippen molar-refractivity contribution in [3.8, 4) is 5.75 Å². The number of aliphatic hydroxyl groups excluding tert-OH is 2. The van der Waals surface area contributed by atoms with Gasteiger partial charge in [-0.15, -0.1) is 0 Å². The van der Waals surface area contributed by atoms with Gasteiger partial charge < -0.3 is 14.9 Å². The summed E-state index contributed by atoms with van der Waals surface area (Å²) < 4.78 is 5.42. The normalized spacial score (nSPS) is 13.8. The second-order valence-electron chi connectivity index (χ2n) is 4.99. The van der Waals surface area contributed by atoms with Crippen LogP contribution in [0.25, 0.3) is 0 Å². The first-order chi connectivity index (χ1) is 10.6. The zero-order chi connectivity index (χ0) is 16.4. The van der Waals surface area contributed by atoms with E-state index in [1.807, 2.05) is 19.1 Å². The first-order valence-electron chi connectivity index (χ1n) is 7.21. The van der Waals surface area contributed by atoms with E-state index in [1.54, 1.807) is 18.2 Å². The molecule has 0 spiro atoms. The van der Waals surface area contributed by atoms with Gasteiger partial charge in [0, 0.05) is 11.6 Å². The summed E-state index contributed by atoms with van der Waals surface area (Å²) in [4.78, 5) is 10.8. The lowest BCUT2D eigenvalue weighted by Crippen LogP contribution is -2.15. The summed E-state index contributed by atoms with van der Waals surface area (Å²) in [7, 11) is 0. The van der Waals surface area contributed by atoms with Gasteiger partial charge in [0.25, 0.3) is 5.91 Å². The summed E-state index contributed by atoms with van der Waals surface area (Å²) in [5.41, 5.74) is 2.20. The number of rotatable bonds is 9. The van der Waals surface area contributed by atoms with Gasteiger partial charge in [-0.25, -0.2) is 5.48 Å². The van der Waals surface area contributed by atoms with Gasteiger partial charge in [-0.2, -0.15) is 0 Å². The molecule has 0 fully saturated rings. The van der Waals surface area contributed by atoms with Crippen LogP contribution in [0.4, 0.5) is 0 Å². The Morgan fingerprint density at radius 2 is 2.14 bits per heavy atom. The highest BCUT2D eigenvalue weighted by molar-refractivity contribution is 5.86. The second-order valence-corrected chi connectivity index (χ2v) is 4.99. The van der Waals surface area contributed by atoms with E-state index in [2.05, 4.69) is 0 Å². The molecule has 0 saturated heterocycles. The van der Waals surface area contributed by atoms with Gasteiger partial charge >= 0.3 is 0 Å². The minimum absolute atomic E-state index is 0.0410. The lowest BCUT2D eigenvalue weighted by Gasteiger charge is -2.21. The van der Waals surface area contributed by atoms with E-state index in [0.717, 1.165) is 0 Å². The van der Waals surface area contributed by atoms with Crippen molar-refractivity contribution in [2.24, 2.45) is 5.92 Å². The Bertz CT molecular complexity index is 489. The molecule has 122 valence electrons. The molecule has 6 nitrogen and oxygen atoms in total. The molecule has 1 rings (SSSR count). The zero-order valence-electron chi connectivity index (χ0n) is 12.6. The van der Waals surface area contributed by atoms with Crippen LogP contribution in [0, 0.1) is 5.92 Å². The van der Waals surface area contributed by atoms with Crippen molar-refractivity contribution in [1.82, 2.24) is 5.48 Å². The summed E-state index contributed by atoms with van der Waals surface area (Å²) >= 11 is 0. The zero-order valence-corrected chi connectivity index (χ0v) is 12.6. The molecule has 0 saturated carbocycles. The van der Waals surface area contributed by atoms with Gasteiger partial charge in [-0.1, -0.05) is 31.2 Å². The Morgan fingerprint density at radius 1 is 1.41 bits per heavy atom. The van der Waals surface area contributed by atoms with E-state index >= 15 is 0 Å². The predicted octanol–water partition coefficient (Wildman–Crippen LogP) is 1.57. The van der Waals surface area contributed by atoms with Crippen molar-refractivity contribution in [2.75, 3.05) is 13.2 Å². The third-order valence-corrected chi connectivity index (χ3v) is 3.29. The molecule has 2 atom stereocenters. The molecule has 0 radical (unpaired) electrons. The molecule has 0 heterocycles. The number of hydrogen-bond donors (Lipinski definition) is 4. The first-order valence-corrected chi connectivity index (χ1v) is 7.21. The van der Waals surface area contributed by atoms with Crippen molar-refractivity contribution in [1.29, 1.82) is 0 Å². The lowest BCUT2D eigenvalue weighted by molar-refractivity contribution is -0.124. The highest BCUT2D eigenvalue weighted by Crippen LogP contribution is 2.32. The fraction of sp³-hybridized carbons (Fsp3) is 0.438. The minimum Gasteiger partial charge on any atom is -0.491 e. The predicted molar refractivity (Wildman–Crippen MR) is 81.4 cm³/mol. The minimum atomic E-state index is -0.699. The van der Waals surface area contributed by atoms with Crippen LogP contribution < -0.4 is 10.2 Å². The van der Waals surface area contributed by atoms with Crippen molar-refractivity contribution in [3.05, 3.63) is 42.0 Å². The number of allylic oxidation sites excluding steroid dienone is 1. The quantitative estimate of drug-likeness (QED) is 0.315. The Morgan fingerprint density at radius 3 is 2.82 bits per heavy atom. The van der Waals surface area contributed by atoms with Crippen LogP contribution in [0.1, 0.15) is 31.4 Å². The maximum absolute atomic E-state index is 10.8. The number of ether oxygens (including phenoxy) is 1. The summed E-state index contributed by atoms with van der Waals surface area (Å²) in [6.45, 7) is 2.00. The molecule has 4 N–H and O–H groups in total. The number of aliphatic hydroxyl groups is 2. The average molecular weight is 309 g/mol. The van der Waals surface area contributed by atoms with Gasteiger partial charge in [-0.05, 0) is 24.8 Å². The highest BCUT2D eigenvalue weighted by Gasteiger charge is 2.19. The molecule has 22 heavy (non-hydrogen) atoms. The average Bonchev–Trinajstić information content (AvgIpc) is 2.55. The molecule has 0 bridgehead atoms. The van der Waals surface area contributed by atoms with E-state index in [9.17, 15) is 9.90 Å². The fourth-order valence-corrected chi connectivity index (χ4v) is 2.06. The molecule has 0 aromatic heterocycles. The maximum atomic E-state index is 10.8. The molecule has 0 unspecified atom stereocenters. The van der Waals surface area contributed by atoms with Gasteiger partial charge in [0.05, 0.1) is 12.7 Å². The molecular formula is C16H23NO5. The van der Waals surface area contributed by atoms with Crippen molar-refractivity contribution in [3.63, 3.8) is 0 Å². The van der Waals surface area contributed by atoms with E-state index in [1.165, 1.54) is 11.6 Å². The number of para-hydroxylation sites is 1. The van der Waals surface area contributed by atoms with E-state index in [-0.39, 0.29) is 19.1 Å². The molecule has 0 aliphatic rings. The highest BCUT2D eigenvalue weighted by atomic mass is 16.5. The van der Waals surface area contributed by atoms with Gasteiger partial charge in [0.2, 0.25) is 0 Å². The van der Waals surface area contributed by atoms with E-state index < -0.39 is 12.0 Å². The lowest BCUT2D eigenvalue weighted by atomic mass is 9.92. The van der Waals surface area contributed by atoms with E-state index in [0.29, 0.717) is 24.2 Å². The number of carbonyl (C=O) groups is 1. The molecular weight excluding hydrogens is 286 g/mol. The molecule has 1 aromatic carbocycles. The number of benzene rings is 1. The van der Waals surface area contributed by atoms with Crippen LogP contribution in [0.5, 0.6) is 5.75 Å². The first kappa shape index (κ1) is 18.2. The molecule has 0 aliphatic carbocycles. The van der Waals surface area contributed by atoms with Crippen LogP contribution in [0.2, 0.25) is 0 Å². The number of amides is 1. The van der Waals surface area contributed by atoms with Crippen LogP contribution in [0.3, 0.4) is 0 Å². The van der Waals surface area contributed by atoms with Gasteiger partial charge in [-0.3, -0.25) is 10.0 Å². The topological polar surface area (TPSA) is 99.0 Å². The Kier molecular flexibility index (Phi) is 8.21. The van der Waals surface area contributed by atoms with Gasteiger partial charge in [0.15, 0.2) is 0 Å². The van der Waals surface area contributed by atoms with Crippen LogP contribution in [-0.2, 0) is 4.79 Å². The summed E-state index contributed by atoms with van der Waals surface area (Å²) in [6.07, 6.45) is 3.46. The summed E-state index contributed by atoms with van der Waals surface area (Å²) in [5.74, 6) is -0.0530. The third-order valence-electron chi connectivity index (χ3n) is 3.29. The van der Waals surface area contributed by atoms with Crippen LogP contribution >= 0.6 is 0 Å². The Hall–Kier alpha value is -1.89. The SMILES string of the molecule is C[C@@H](CC/C=C/C(=O)NO)[C@H](O)c1ccccc1OCCO. The van der Waals surface area contributed by atoms with Gasteiger partial charge in [0.1, 0.15) is 12.4 Å². The smallest absolute Gasteiger partial charge is 0.267 e. The number of hydroxylamine groups is 1. The molecule has 1 amide bonds. The molecule has 0 aliphatic heterocycles. The van der Waals surface area contributed by atoms with Crippen molar-refractivity contribution < 1.29 is 25.0 Å².